The van der Waals surface area contributed by atoms with Crippen molar-refractivity contribution in [3.63, 3.8) is 0 Å². The molecule has 4 heteroatoms. The normalized spacial score (nSPS) is 51.7. The molecule has 136 valence electrons. The highest BCUT2D eigenvalue weighted by molar-refractivity contribution is 4.87. The number of ether oxygens (including phenoxy) is 3. The van der Waals surface area contributed by atoms with Gasteiger partial charge in [0.25, 0.3) is 0 Å². The molecule has 2 saturated heterocycles. The molecule has 1 N–H and O–H groups in total. The molecule has 0 aliphatic carbocycles. The highest BCUT2D eigenvalue weighted by Crippen LogP contribution is 2.37. The van der Waals surface area contributed by atoms with Crippen LogP contribution >= 0.6 is 0 Å². The van der Waals surface area contributed by atoms with Crippen LogP contribution in [0.5, 0.6) is 0 Å². The summed E-state index contributed by atoms with van der Waals surface area (Å²) in [6.07, 6.45) is 0.636. The van der Waals surface area contributed by atoms with E-state index in [0.717, 1.165) is 6.42 Å². The molecule has 0 amide bonds. The molecular formula is C19H36O4. The molecular weight excluding hydrogens is 292 g/mol. The van der Waals surface area contributed by atoms with Gasteiger partial charge < -0.3 is 19.3 Å². The topological polar surface area (TPSA) is 47.9 Å². The Labute approximate surface area is 141 Å². The van der Waals surface area contributed by atoms with E-state index in [4.69, 9.17) is 14.2 Å². The van der Waals surface area contributed by atoms with E-state index < -0.39 is 6.10 Å². The van der Waals surface area contributed by atoms with E-state index in [1.165, 1.54) is 0 Å². The molecule has 2 aliphatic heterocycles. The molecule has 0 aromatic heterocycles. The van der Waals surface area contributed by atoms with E-state index >= 15 is 0 Å². The first-order valence-electron chi connectivity index (χ1n) is 9.38. The molecule has 2 heterocycles. The van der Waals surface area contributed by atoms with Gasteiger partial charge >= 0.3 is 0 Å². The summed E-state index contributed by atoms with van der Waals surface area (Å²) in [5.41, 5.74) is 0. The maximum atomic E-state index is 10.1. The van der Waals surface area contributed by atoms with Crippen LogP contribution < -0.4 is 0 Å². The van der Waals surface area contributed by atoms with E-state index in [0.29, 0.717) is 24.4 Å². The molecule has 0 bridgehead atoms. The Morgan fingerprint density at radius 2 is 1.39 bits per heavy atom. The van der Waals surface area contributed by atoms with Crippen molar-refractivity contribution in [1.29, 1.82) is 0 Å². The standard InChI is InChI=1S/C19H36O4/c1-8-16-11(3)10(2)14(6)19(23-16)21-9-17-12(4)13(5)18(20)15(7)22-17/h10-20H,8-9H2,1-7H3/t10-,11-,12-,13-,14?,15-,16?,17?,18?,19+/m0/s1. The van der Waals surface area contributed by atoms with Crippen molar-refractivity contribution in [3.05, 3.63) is 0 Å². The fourth-order valence-electron chi connectivity index (χ4n) is 4.08. The van der Waals surface area contributed by atoms with Crippen molar-refractivity contribution in [1.82, 2.24) is 0 Å². The van der Waals surface area contributed by atoms with E-state index in [-0.39, 0.29) is 36.4 Å². The number of aliphatic hydroxyl groups is 1. The van der Waals surface area contributed by atoms with Crippen molar-refractivity contribution in [2.24, 2.45) is 29.6 Å². The number of hydrogen-bond donors (Lipinski definition) is 1. The minimum Gasteiger partial charge on any atom is -0.390 e. The molecule has 0 spiro atoms. The Morgan fingerprint density at radius 1 is 0.783 bits per heavy atom. The third-order valence-electron chi connectivity index (χ3n) is 6.64. The average Bonchev–Trinajstić information content (AvgIpc) is 2.54. The fraction of sp³-hybridized carbons (Fsp3) is 1.00. The summed E-state index contributed by atoms with van der Waals surface area (Å²) in [5.74, 6) is 2.03. The van der Waals surface area contributed by atoms with Crippen LogP contribution in [0, 0.1) is 29.6 Å². The molecule has 2 aliphatic rings. The maximum Gasteiger partial charge on any atom is 0.160 e. The van der Waals surface area contributed by atoms with Crippen molar-refractivity contribution in [2.45, 2.75) is 85.6 Å². The lowest BCUT2D eigenvalue weighted by Crippen LogP contribution is -2.51. The number of aliphatic hydroxyl groups excluding tert-OH is 1. The summed E-state index contributed by atoms with van der Waals surface area (Å²) < 4.78 is 18.3. The SMILES string of the molecule is CCC1O[C@@H](OCC2O[C@@H](C)C(O)[C@@H](C)[C@@H]2C)C(C)[C@@H](C)[C@@H]1C. The van der Waals surface area contributed by atoms with Crippen LogP contribution in [0.2, 0.25) is 0 Å². The predicted octanol–water partition coefficient (Wildman–Crippen LogP) is 3.47. The van der Waals surface area contributed by atoms with E-state index in [1.807, 2.05) is 6.92 Å². The van der Waals surface area contributed by atoms with Gasteiger partial charge in [-0.05, 0) is 37.0 Å². The van der Waals surface area contributed by atoms with Crippen molar-refractivity contribution < 1.29 is 19.3 Å². The molecule has 0 radical (unpaired) electrons. The van der Waals surface area contributed by atoms with Crippen LogP contribution in [0.15, 0.2) is 0 Å². The molecule has 0 aromatic carbocycles. The van der Waals surface area contributed by atoms with Gasteiger partial charge in [0.2, 0.25) is 0 Å². The minimum atomic E-state index is -0.392. The summed E-state index contributed by atoms with van der Waals surface area (Å²) in [5, 5.41) is 10.1. The lowest BCUT2D eigenvalue weighted by molar-refractivity contribution is -0.267. The quantitative estimate of drug-likeness (QED) is 0.858. The first-order valence-corrected chi connectivity index (χ1v) is 9.38. The zero-order chi connectivity index (χ0) is 17.3. The van der Waals surface area contributed by atoms with Crippen LogP contribution in [0.4, 0.5) is 0 Å². The summed E-state index contributed by atoms with van der Waals surface area (Å²) in [4.78, 5) is 0. The van der Waals surface area contributed by atoms with Crippen molar-refractivity contribution >= 4 is 0 Å². The van der Waals surface area contributed by atoms with Crippen LogP contribution in [0.1, 0.15) is 54.9 Å². The summed E-state index contributed by atoms with van der Waals surface area (Å²) >= 11 is 0. The van der Waals surface area contributed by atoms with Crippen molar-refractivity contribution in [2.75, 3.05) is 6.61 Å². The second-order valence-corrected chi connectivity index (χ2v) is 7.95. The predicted molar refractivity (Wildman–Crippen MR) is 91.1 cm³/mol. The lowest BCUT2D eigenvalue weighted by atomic mass is 9.78. The highest BCUT2D eigenvalue weighted by Gasteiger charge is 2.41. The molecule has 2 rings (SSSR count). The van der Waals surface area contributed by atoms with Crippen molar-refractivity contribution in [3.8, 4) is 0 Å². The molecule has 2 fully saturated rings. The third-order valence-corrected chi connectivity index (χ3v) is 6.64. The Bertz CT molecular complexity index is 372. The van der Waals surface area contributed by atoms with Crippen LogP contribution in [-0.4, -0.2) is 42.4 Å². The number of rotatable bonds is 4. The first kappa shape index (κ1) is 19.2. The first-order chi connectivity index (χ1) is 10.8. The molecule has 0 aromatic rings. The van der Waals surface area contributed by atoms with Crippen LogP contribution in [0.3, 0.4) is 0 Å². The van der Waals surface area contributed by atoms with E-state index in [1.54, 1.807) is 0 Å². The van der Waals surface area contributed by atoms with Gasteiger partial charge in [0.05, 0.1) is 31.0 Å². The van der Waals surface area contributed by atoms with Gasteiger partial charge in [-0.25, -0.2) is 0 Å². The zero-order valence-corrected chi connectivity index (χ0v) is 15.9. The molecule has 0 saturated carbocycles. The van der Waals surface area contributed by atoms with Gasteiger partial charge in [-0.2, -0.15) is 0 Å². The third kappa shape index (κ3) is 3.92. The molecule has 10 atom stereocenters. The number of hydrogen-bond acceptors (Lipinski definition) is 4. The van der Waals surface area contributed by atoms with E-state index in [2.05, 4.69) is 41.5 Å². The van der Waals surface area contributed by atoms with Crippen LogP contribution in [-0.2, 0) is 14.2 Å². The molecule has 23 heavy (non-hydrogen) atoms. The Morgan fingerprint density at radius 3 is 2.00 bits per heavy atom. The Balaban J connectivity index is 1.94. The summed E-state index contributed by atoms with van der Waals surface area (Å²) in [7, 11) is 0. The minimum absolute atomic E-state index is 0.0222. The maximum absolute atomic E-state index is 10.1. The molecule has 4 unspecified atom stereocenters. The van der Waals surface area contributed by atoms with Gasteiger partial charge in [-0.3, -0.25) is 0 Å². The summed E-state index contributed by atoms with van der Waals surface area (Å²) in [6, 6.07) is 0. The summed E-state index contributed by atoms with van der Waals surface area (Å²) in [6.45, 7) is 15.7. The largest absolute Gasteiger partial charge is 0.390 e. The van der Waals surface area contributed by atoms with Gasteiger partial charge in [0, 0.05) is 5.92 Å². The second kappa shape index (κ2) is 7.81. The Hall–Kier alpha value is -0.160. The van der Waals surface area contributed by atoms with Gasteiger partial charge in [0.1, 0.15) is 0 Å². The van der Waals surface area contributed by atoms with Crippen LogP contribution in [0.25, 0.3) is 0 Å². The highest BCUT2D eigenvalue weighted by atomic mass is 16.7. The van der Waals surface area contributed by atoms with Gasteiger partial charge in [-0.1, -0.05) is 41.5 Å². The fourth-order valence-corrected chi connectivity index (χ4v) is 4.08. The second-order valence-electron chi connectivity index (χ2n) is 7.95. The van der Waals surface area contributed by atoms with E-state index in [9.17, 15) is 5.11 Å². The molecule has 4 nitrogen and oxygen atoms in total. The van der Waals surface area contributed by atoms with Gasteiger partial charge in [0.15, 0.2) is 6.29 Å². The zero-order valence-electron chi connectivity index (χ0n) is 15.9. The smallest absolute Gasteiger partial charge is 0.160 e. The van der Waals surface area contributed by atoms with Gasteiger partial charge in [-0.15, -0.1) is 0 Å². The lowest BCUT2D eigenvalue weighted by Gasteiger charge is -2.45. The monoisotopic (exact) mass is 328 g/mol. The average molecular weight is 328 g/mol. The Kier molecular flexibility index (Phi) is 6.51.